The maximum Gasteiger partial charge on any atom is 0.0677 e. The Morgan fingerprint density at radius 1 is 1.50 bits per heavy atom. The Morgan fingerprint density at radius 3 is 2.40 bits per heavy atom. The molecule has 1 N–H and O–H groups in total. The third-order valence-corrected chi connectivity index (χ3v) is 3.31. The fourth-order valence-electron chi connectivity index (χ4n) is 2.30. The van der Waals surface area contributed by atoms with E-state index in [-0.39, 0.29) is 11.5 Å². The van der Waals surface area contributed by atoms with Gasteiger partial charge in [0.25, 0.3) is 0 Å². The van der Waals surface area contributed by atoms with Gasteiger partial charge >= 0.3 is 0 Å². The van der Waals surface area contributed by atoms with E-state index < -0.39 is 0 Å². The Bertz CT molecular complexity index is 140. The van der Waals surface area contributed by atoms with E-state index in [9.17, 15) is 5.11 Å². The average molecular weight is 142 g/mol. The molecule has 2 nitrogen and oxygen atoms in total. The first kappa shape index (κ1) is 6.62. The van der Waals surface area contributed by atoms with Crippen molar-refractivity contribution in [2.24, 2.45) is 5.41 Å². The number of aliphatic hydroxyl groups excluding tert-OH is 1. The summed E-state index contributed by atoms with van der Waals surface area (Å²) in [5, 5.41) is 9.44. The number of hydrogen-bond donors (Lipinski definition) is 1. The van der Waals surface area contributed by atoms with Crippen LogP contribution in [-0.2, 0) is 4.74 Å². The molecule has 10 heavy (non-hydrogen) atoms. The molecule has 0 heterocycles. The molecule has 2 rings (SSSR count). The zero-order chi connectivity index (χ0) is 7.19. The number of hydrogen-bond acceptors (Lipinski definition) is 2. The predicted molar refractivity (Wildman–Crippen MR) is 37.7 cm³/mol. The van der Waals surface area contributed by atoms with Gasteiger partial charge in [0, 0.05) is 18.9 Å². The Balaban J connectivity index is 2.03. The van der Waals surface area contributed by atoms with Crippen LogP contribution in [0.25, 0.3) is 0 Å². The smallest absolute Gasteiger partial charge is 0.0677 e. The molecule has 58 valence electrons. The molecule has 0 aromatic rings. The zero-order valence-electron chi connectivity index (χ0n) is 6.34. The summed E-state index contributed by atoms with van der Waals surface area (Å²) in [6.45, 7) is 0. The van der Waals surface area contributed by atoms with E-state index in [1.165, 1.54) is 19.3 Å². The normalized spacial score (nSPS) is 42.6. The molecule has 0 aromatic carbocycles. The molecule has 2 heteroatoms. The fourth-order valence-corrected chi connectivity index (χ4v) is 2.30. The van der Waals surface area contributed by atoms with Gasteiger partial charge in [0.2, 0.25) is 0 Å². The summed E-state index contributed by atoms with van der Waals surface area (Å²) in [5.74, 6) is 0. The molecule has 2 saturated carbocycles. The van der Waals surface area contributed by atoms with E-state index in [1.807, 2.05) is 0 Å². The predicted octanol–water partition coefficient (Wildman–Crippen LogP) is 0.936. The van der Waals surface area contributed by atoms with Crippen molar-refractivity contribution in [1.29, 1.82) is 0 Å². The molecule has 0 amide bonds. The second kappa shape index (κ2) is 1.95. The monoisotopic (exact) mass is 142 g/mol. The highest BCUT2D eigenvalue weighted by molar-refractivity contribution is 5.08. The van der Waals surface area contributed by atoms with Gasteiger partial charge in [-0.05, 0) is 12.8 Å². The topological polar surface area (TPSA) is 29.5 Å². The van der Waals surface area contributed by atoms with Crippen molar-refractivity contribution in [2.45, 2.75) is 37.9 Å². The molecule has 0 radical (unpaired) electrons. The Hall–Kier alpha value is -0.0800. The summed E-state index contributed by atoms with van der Waals surface area (Å²) in [4.78, 5) is 0. The second-order valence-electron chi connectivity index (χ2n) is 3.56. The van der Waals surface area contributed by atoms with Crippen LogP contribution in [-0.4, -0.2) is 24.4 Å². The lowest BCUT2D eigenvalue weighted by molar-refractivity contribution is -0.217. The first-order valence-corrected chi connectivity index (χ1v) is 4.00. The van der Waals surface area contributed by atoms with Crippen LogP contribution in [0.1, 0.15) is 25.7 Å². The minimum absolute atomic E-state index is 0.0637. The van der Waals surface area contributed by atoms with Gasteiger partial charge in [-0.15, -0.1) is 0 Å². The molecule has 2 aliphatic rings. The van der Waals surface area contributed by atoms with Crippen molar-refractivity contribution >= 4 is 0 Å². The maximum absolute atomic E-state index is 9.44. The van der Waals surface area contributed by atoms with Gasteiger partial charge in [0.05, 0.1) is 12.2 Å². The van der Waals surface area contributed by atoms with Crippen LogP contribution in [0.5, 0.6) is 0 Å². The van der Waals surface area contributed by atoms with Gasteiger partial charge in [-0.3, -0.25) is 0 Å². The molecule has 2 fully saturated rings. The van der Waals surface area contributed by atoms with Crippen LogP contribution in [0.3, 0.4) is 0 Å². The lowest BCUT2D eigenvalue weighted by atomic mass is 9.52. The summed E-state index contributed by atoms with van der Waals surface area (Å²) in [7, 11) is 1.75. The molecule has 1 spiro atoms. The SMILES string of the molecule is COC1CC(O)C12CCC2. The molecule has 2 unspecified atom stereocenters. The highest BCUT2D eigenvalue weighted by Gasteiger charge is 2.58. The van der Waals surface area contributed by atoms with Crippen LogP contribution in [0.15, 0.2) is 0 Å². The number of ether oxygens (including phenoxy) is 1. The van der Waals surface area contributed by atoms with E-state index in [4.69, 9.17) is 4.74 Å². The summed E-state index contributed by atoms with van der Waals surface area (Å²) in [5.41, 5.74) is 0.203. The van der Waals surface area contributed by atoms with Gasteiger partial charge in [-0.25, -0.2) is 0 Å². The Morgan fingerprint density at radius 2 is 2.20 bits per heavy atom. The van der Waals surface area contributed by atoms with Crippen LogP contribution in [0.4, 0.5) is 0 Å². The highest BCUT2D eigenvalue weighted by atomic mass is 16.5. The third-order valence-electron chi connectivity index (χ3n) is 3.31. The fraction of sp³-hybridized carbons (Fsp3) is 1.00. The quantitative estimate of drug-likeness (QED) is 0.590. The van der Waals surface area contributed by atoms with Gasteiger partial charge in [-0.2, -0.15) is 0 Å². The Kier molecular flexibility index (Phi) is 1.29. The van der Waals surface area contributed by atoms with Crippen LogP contribution in [0.2, 0.25) is 0 Å². The first-order chi connectivity index (χ1) is 4.79. The molecular weight excluding hydrogens is 128 g/mol. The van der Waals surface area contributed by atoms with Crippen LogP contribution >= 0.6 is 0 Å². The van der Waals surface area contributed by atoms with Gasteiger partial charge in [-0.1, -0.05) is 6.42 Å². The lowest BCUT2D eigenvalue weighted by Gasteiger charge is -2.58. The van der Waals surface area contributed by atoms with Crippen molar-refractivity contribution in [3.8, 4) is 0 Å². The van der Waals surface area contributed by atoms with Crippen molar-refractivity contribution in [2.75, 3.05) is 7.11 Å². The van der Waals surface area contributed by atoms with E-state index in [1.54, 1.807) is 7.11 Å². The molecule has 2 atom stereocenters. The summed E-state index contributed by atoms with van der Waals surface area (Å²) in [6, 6.07) is 0. The van der Waals surface area contributed by atoms with E-state index >= 15 is 0 Å². The molecule has 0 bridgehead atoms. The zero-order valence-corrected chi connectivity index (χ0v) is 6.34. The van der Waals surface area contributed by atoms with Crippen molar-refractivity contribution in [3.63, 3.8) is 0 Å². The van der Waals surface area contributed by atoms with E-state index in [2.05, 4.69) is 0 Å². The Labute approximate surface area is 61.2 Å². The van der Waals surface area contributed by atoms with Gasteiger partial charge < -0.3 is 9.84 Å². The van der Waals surface area contributed by atoms with Crippen molar-refractivity contribution < 1.29 is 9.84 Å². The average Bonchev–Trinajstić information content (AvgIpc) is 1.78. The maximum atomic E-state index is 9.44. The van der Waals surface area contributed by atoms with Crippen LogP contribution in [0, 0.1) is 5.41 Å². The third kappa shape index (κ3) is 0.565. The minimum atomic E-state index is -0.0637. The van der Waals surface area contributed by atoms with Crippen LogP contribution < -0.4 is 0 Å². The summed E-state index contributed by atoms with van der Waals surface area (Å²) >= 11 is 0. The number of rotatable bonds is 1. The molecule has 0 aliphatic heterocycles. The number of methoxy groups -OCH3 is 1. The molecular formula is C8H14O2. The summed E-state index contributed by atoms with van der Waals surface area (Å²) in [6.07, 6.45) is 4.77. The second-order valence-corrected chi connectivity index (χ2v) is 3.56. The van der Waals surface area contributed by atoms with E-state index in [0.717, 1.165) is 6.42 Å². The minimum Gasteiger partial charge on any atom is -0.392 e. The van der Waals surface area contributed by atoms with Gasteiger partial charge in [0.1, 0.15) is 0 Å². The highest BCUT2D eigenvalue weighted by Crippen LogP contribution is 2.56. The first-order valence-electron chi connectivity index (χ1n) is 4.00. The van der Waals surface area contributed by atoms with Crippen molar-refractivity contribution in [3.05, 3.63) is 0 Å². The molecule has 2 aliphatic carbocycles. The lowest BCUT2D eigenvalue weighted by Crippen LogP contribution is -2.61. The largest absolute Gasteiger partial charge is 0.392 e. The van der Waals surface area contributed by atoms with Gasteiger partial charge in [0.15, 0.2) is 0 Å². The van der Waals surface area contributed by atoms with E-state index in [0.29, 0.717) is 6.10 Å². The standard InChI is InChI=1S/C8H14O2/c1-10-7-5-6(9)8(7)3-2-4-8/h6-7,9H,2-5H2,1H3. The molecule has 0 aromatic heterocycles. The molecule has 0 saturated heterocycles. The number of aliphatic hydroxyl groups is 1. The summed E-state index contributed by atoms with van der Waals surface area (Å²) < 4.78 is 5.25. The van der Waals surface area contributed by atoms with Crippen molar-refractivity contribution in [1.82, 2.24) is 0 Å².